The number of nitrogens with two attached hydrogens (primary N) is 1. The highest BCUT2D eigenvalue weighted by atomic mass is 35.5. The summed E-state index contributed by atoms with van der Waals surface area (Å²) >= 11 is 7.32. The normalized spacial score (nSPS) is 16.6. The third kappa shape index (κ3) is 4.46. The van der Waals surface area contributed by atoms with E-state index < -0.39 is 0 Å². The van der Waals surface area contributed by atoms with Gasteiger partial charge < -0.3 is 11.2 Å². The molecule has 25 heavy (non-hydrogen) atoms. The highest BCUT2D eigenvalue weighted by Gasteiger charge is 2.23. The van der Waals surface area contributed by atoms with E-state index >= 15 is 0 Å². The molecule has 0 bridgehead atoms. The average Bonchev–Trinajstić information content (AvgIpc) is 2.96. The fourth-order valence-electron chi connectivity index (χ4n) is 2.96. The summed E-state index contributed by atoms with van der Waals surface area (Å²) < 4.78 is 1.40. The number of aromatic nitrogens is 3. The smallest absolute Gasteiger partial charge is 0.233 e. The summed E-state index contributed by atoms with van der Waals surface area (Å²) in [6.45, 7) is 1.86. The summed E-state index contributed by atoms with van der Waals surface area (Å²) in [7, 11) is 0. The van der Waals surface area contributed by atoms with Crippen LogP contribution >= 0.6 is 23.4 Å². The van der Waals surface area contributed by atoms with E-state index in [4.69, 9.17) is 17.4 Å². The minimum Gasteiger partial charge on any atom is -0.352 e. The van der Waals surface area contributed by atoms with E-state index in [2.05, 4.69) is 15.5 Å². The zero-order valence-electron chi connectivity index (χ0n) is 14.1. The first-order valence-corrected chi connectivity index (χ1v) is 9.74. The summed E-state index contributed by atoms with van der Waals surface area (Å²) in [4.78, 5) is 12.4. The maximum absolute atomic E-state index is 12.4. The summed E-state index contributed by atoms with van der Waals surface area (Å²) in [6, 6.07) is 7.56. The van der Waals surface area contributed by atoms with Crippen molar-refractivity contribution in [1.82, 2.24) is 20.2 Å². The van der Waals surface area contributed by atoms with Crippen LogP contribution in [0.5, 0.6) is 0 Å². The predicted molar refractivity (Wildman–Crippen MR) is 101 cm³/mol. The molecule has 1 aromatic heterocycles. The number of nitrogen functional groups attached to an aromatic ring is 1. The number of rotatable bonds is 5. The minimum absolute atomic E-state index is 0.0178. The molecule has 1 heterocycles. The van der Waals surface area contributed by atoms with Crippen molar-refractivity contribution in [3.63, 3.8) is 0 Å². The van der Waals surface area contributed by atoms with Gasteiger partial charge in [-0.2, -0.15) is 0 Å². The Balaban J connectivity index is 1.65. The van der Waals surface area contributed by atoms with Crippen molar-refractivity contribution in [2.75, 3.05) is 5.84 Å². The van der Waals surface area contributed by atoms with Gasteiger partial charge in [0, 0.05) is 16.6 Å². The van der Waals surface area contributed by atoms with Gasteiger partial charge in [-0.25, -0.2) is 4.68 Å². The lowest BCUT2D eigenvalue weighted by molar-refractivity contribution is -0.121. The monoisotopic (exact) mass is 379 g/mol. The molecule has 1 fully saturated rings. The lowest BCUT2D eigenvalue weighted by atomic mass is 9.95. The van der Waals surface area contributed by atoms with Gasteiger partial charge in [0.25, 0.3) is 0 Å². The number of halogens is 1. The fraction of sp³-hybridized carbons (Fsp3) is 0.471. The number of amides is 1. The summed E-state index contributed by atoms with van der Waals surface area (Å²) in [5.41, 5.74) is 0.786. The summed E-state index contributed by atoms with van der Waals surface area (Å²) in [6.07, 6.45) is 5.77. The van der Waals surface area contributed by atoms with E-state index in [0.717, 1.165) is 18.4 Å². The van der Waals surface area contributed by atoms with E-state index in [1.54, 1.807) is 12.1 Å². The van der Waals surface area contributed by atoms with E-state index in [1.165, 1.54) is 35.7 Å². The van der Waals surface area contributed by atoms with Crippen LogP contribution in [0.1, 0.15) is 39.0 Å². The van der Waals surface area contributed by atoms with Crippen LogP contribution in [0, 0.1) is 0 Å². The van der Waals surface area contributed by atoms with Crippen LogP contribution in [0.15, 0.2) is 29.4 Å². The van der Waals surface area contributed by atoms with Crippen molar-refractivity contribution in [3.8, 4) is 11.4 Å². The van der Waals surface area contributed by atoms with Crippen LogP contribution < -0.4 is 11.2 Å². The molecule has 1 aliphatic carbocycles. The van der Waals surface area contributed by atoms with Crippen molar-refractivity contribution in [3.05, 3.63) is 29.3 Å². The van der Waals surface area contributed by atoms with Gasteiger partial charge >= 0.3 is 0 Å². The zero-order valence-corrected chi connectivity index (χ0v) is 15.7. The number of hydrogen-bond acceptors (Lipinski definition) is 5. The predicted octanol–water partition coefficient (Wildman–Crippen LogP) is 3.24. The molecule has 134 valence electrons. The minimum atomic E-state index is -0.291. The van der Waals surface area contributed by atoms with Crippen molar-refractivity contribution in [2.24, 2.45) is 0 Å². The van der Waals surface area contributed by atoms with E-state index in [0.29, 0.717) is 22.0 Å². The van der Waals surface area contributed by atoms with Gasteiger partial charge in [0.2, 0.25) is 11.1 Å². The van der Waals surface area contributed by atoms with Crippen LogP contribution in [0.3, 0.4) is 0 Å². The number of nitrogens with one attached hydrogen (secondary N) is 1. The van der Waals surface area contributed by atoms with E-state index in [9.17, 15) is 4.79 Å². The molecular weight excluding hydrogens is 358 g/mol. The molecule has 1 aromatic carbocycles. The Hall–Kier alpha value is -1.73. The topological polar surface area (TPSA) is 85.8 Å². The third-order valence-corrected chi connectivity index (χ3v) is 5.64. The molecule has 3 N–H and O–H groups in total. The Labute approximate surface area is 156 Å². The standard InChI is InChI=1S/C17H22ClN5OS/c1-11(16(24)20-14-8-3-2-4-9-14)25-17-22-21-15(23(17)19)12-6-5-7-13(18)10-12/h5-7,10-11,14H,2-4,8-9,19H2,1H3,(H,20,24)/t11-/m1/s1. The molecule has 0 radical (unpaired) electrons. The molecule has 0 aliphatic heterocycles. The lowest BCUT2D eigenvalue weighted by Gasteiger charge is -2.24. The highest BCUT2D eigenvalue weighted by molar-refractivity contribution is 8.00. The second-order valence-electron chi connectivity index (χ2n) is 6.29. The van der Waals surface area contributed by atoms with Gasteiger partial charge in [-0.05, 0) is 31.9 Å². The molecule has 1 atom stereocenters. The second-order valence-corrected chi connectivity index (χ2v) is 8.03. The molecule has 2 aromatic rings. The van der Waals surface area contributed by atoms with Crippen molar-refractivity contribution in [1.29, 1.82) is 0 Å². The van der Waals surface area contributed by atoms with Crippen molar-refractivity contribution < 1.29 is 4.79 Å². The first-order valence-electron chi connectivity index (χ1n) is 8.48. The molecule has 6 nitrogen and oxygen atoms in total. The number of hydrogen-bond donors (Lipinski definition) is 2. The number of benzene rings is 1. The molecule has 1 aliphatic rings. The van der Waals surface area contributed by atoms with Gasteiger partial charge in [0.1, 0.15) is 0 Å². The average molecular weight is 380 g/mol. The van der Waals surface area contributed by atoms with Gasteiger partial charge in [0.05, 0.1) is 5.25 Å². The van der Waals surface area contributed by atoms with Crippen molar-refractivity contribution in [2.45, 2.75) is 55.5 Å². The maximum Gasteiger partial charge on any atom is 0.233 e. The maximum atomic E-state index is 12.4. The third-order valence-electron chi connectivity index (χ3n) is 4.35. The Morgan fingerprint density at radius 3 is 2.84 bits per heavy atom. The SMILES string of the molecule is C[C@@H](Sc1nnc(-c2cccc(Cl)c2)n1N)C(=O)NC1CCCCC1. The molecule has 0 saturated heterocycles. The number of nitrogens with zero attached hydrogens (tertiary/aromatic N) is 3. The zero-order chi connectivity index (χ0) is 17.8. The van der Waals surface area contributed by atoms with Gasteiger partial charge in [0.15, 0.2) is 5.82 Å². The van der Waals surface area contributed by atoms with Gasteiger partial charge in [-0.15, -0.1) is 10.2 Å². The Kier molecular flexibility index (Phi) is 5.86. The number of carbonyl (C=O) groups is 1. The van der Waals surface area contributed by atoms with Crippen LogP contribution in [-0.2, 0) is 4.79 Å². The first-order chi connectivity index (χ1) is 12.0. The molecular formula is C17H22ClN5OS. The van der Waals surface area contributed by atoms with Gasteiger partial charge in [-0.3, -0.25) is 4.79 Å². The summed E-state index contributed by atoms with van der Waals surface area (Å²) in [5, 5.41) is 12.2. The molecule has 1 saturated carbocycles. The molecule has 1 amide bonds. The summed E-state index contributed by atoms with van der Waals surface area (Å²) in [5.74, 6) is 6.65. The fourth-order valence-corrected chi connectivity index (χ4v) is 3.93. The number of thioether (sulfide) groups is 1. The quantitative estimate of drug-likeness (QED) is 0.615. The molecule has 0 unspecified atom stereocenters. The van der Waals surface area contributed by atoms with E-state index in [-0.39, 0.29) is 11.2 Å². The van der Waals surface area contributed by atoms with Crippen LogP contribution in [0.2, 0.25) is 5.02 Å². The lowest BCUT2D eigenvalue weighted by Crippen LogP contribution is -2.40. The first kappa shape index (κ1) is 18.1. The molecule has 3 rings (SSSR count). The molecule has 8 heteroatoms. The Bertz CT molecular complexity index is 744. The van der Waals surface area contributed by atoms with Gasteiger partial charge in [-0.1, -0.05) is 54.8 Å². The largest absolute Gasteiger partial charge is 0.352 e. The highest BCUT2D eigenvalue weighted by Crippen LogP contribution is 2.26. The second kappa shape index (κ2) is 8.10. The van der Waals surface area contributed by atoms with E-state index in [1.807, 2.05) is 19.1 Å². The molecule has 0 spiro atoms. The van der Waals surface area contributed by atoms with Crippen LogP contribution in [-0.4, -0.2) is 32.1 Å². The van der Waals surface area contributed by atoms with Crippen LogP contribution in [0.25, 0.3) is 11.4 Å². The number of carbonyl (C=O) groups excluding carboxylic acids is 1. The van der Waals surface area contributed by atoms with Crippen LogP contribution in [0.4, 0.5) is 0 Å². The van der Waals surface area contributed by atoms with Crippen molar-refractivity contribution >= 4 is 29.3 Å². The Morgan fingerprint density at radius 1 is 1.36 bits per heavy atom. The Morgan fingerprint density at radius 2 is 2.12 bits per heavy atom.